The van der Waals surface area contributed by atoms with E-state index < -0.39 is 0 Å². The average molecular weight is 573 g/mol. The predicted octanol–water partition coefficient (Wildman–Crippen LogP) is 8.83. The van der Waals surface area contributed by atoms with Crippen molar-refractivity contribution in [2.24, 2.45) is 0 Å². The minimum Gasteiger partial charge on any atom is -0.493 e. The Morgan fingerprint density at radius 3 is 1.07 bits per heavy atom. The van der Waals surface area contributed by atoms with Gasteiger partial charge in [-0.25, -0.2) is 0 Å². The molecule has 0 aliphatic heterocycles. The van der Waals surface area contributed by atoms with E-state index >= 15 is 0 Å². The van der Waals surface area contributed by atoms with Crippen LogP contribution in [0.1, 0.15) is 67.2 Å². The van der Waals surface area contributed by atoms with Crippen molar-refractivity contribution in [3.8, 4) is 34.5 Å². The largest absolute Gasteiger partial charge is 0.493 e. The lowest BCUT2D eigenvalue weighted by molar-refractivity contribution is 0.298. The lowest BCUT2D eigenvalue weighted by Gasteiger charge is -2.25. The van der Waals surface area contributed by atoms with Crippen molar-refractivity contribution in [2.75, 3.05) is 39.6 Å². The van der Waals surface area contributed by atoms with E-state index in [9.17, 15) is 0 Å². The zero-order chi connectivity index (χ0) is 29.6. The van der Waals surface area contributed by atoms with Crippen LogP contribution in [-0.2, 0) is 0 Å². The molecule has 42 heavy (non-hydrogen) atoms. The molecule has 0 fully saturated rings. The van der Waals surface area contributed by atoms with Gasteiger partial charge in [-0.05, 0) is 51.7 Å². The highest BCUT2D eigenvalue weighted by Gasteiger charge is 2.29. The molecule has 0 bridgehead atoms. The molecule has 224 valence electrons. The van der Waals surface area contributed by atoms with Crippen molar-refractivity contribution in [3.05, 3.63) is 57.3 Å². The van der Waals surface area contributed by atoms with Crippen LogP contribution < -0.4 is 28.4 Å². The van der Waals surface area contributed by atoms with Crippen LogP contribution in [0.25, 0.3) is 21.5 Å². The molecule has 0 saturated carbocycles. The third-order valence-corrected chi connectivity index (χ3v) is 7.31. The first kappa shape index (κ1) is 29.7. The standard InChI is InChI=1S/C36H44O6/c1-7-19-39-33-23-15-13-17-25(37-11-5)27(23)35(41-21-9-3)31-29(33)30-32(31)36(42-22-10-4)28-24(34(30)40-20-8-2)16-14-18-26(28)38-12-6/h13-18H,7-12,19-22H2,1-6H3. The molecule has 4 aromatic rings. The van der Waals surface area contributed by atoms with Gasteiger partial charge in [0.2, 0.25) is 0 Å². The van der Waals surface area contributed by atoms with Gasteiger partial charge in [0.25, 0.3) is 0 Å². The highest BCUT2D eigenvalue weighted by molar-refractivity contribution is 6.02. The number of fused-ring (bicyclic) bond motifs is 4. The Bertz CT molecular complexity index is 1630. The smallest absolute Gasteiger partial charge is 0.139 e. The number of rotatable bonds is 16. The summed E-state index contributed by atoms with van der Waals surface area (Å²) in [7, 11) is 0. The van der Waals surface area contributed by atoms with Crippen molar-refractivity contribution >= 4 is 21.5 Å². The summed E-state index contributed by atoms with van der Waals surface area (Å²) in [6.45, 7) is 16.0. The van der Waals surface area contributed by atoms with E-state index in [0.29, 0.717) is 39.6 Å². The van der Waals surface area contributed by atoms with Crippen LogP contribution in [0.5, 0.6) is 34.5 Å². The molecule has 0 amide bonds. The van der Waals surface area contributed by atoms with Crippen molar-refractivity contribution < 1.29 is 28.4 Å². The molecule has 0 atom stereocenters. The molecule has 5 rings (SSSR count). The summed E-state index contributed by atoms with van der Waals surface area (Å²) >= 11 is 0. The molecule has 0 radical (unpaired) electrons. The van der Waals surface area contributed by atoms with Crippen molar-refractivity contribution in [1.82, 2.24) is 0 Å². The average Bonchev–Trinajstić information content (AvgIpc) is 2.99. The third-order valence-electron chi connectivity index (χ3n) is 7.31. The Kier molecular flexibility index (Phi) is 9.51. The van der Waals surface area contributed by atoms with Crippen LogP contribution in [0.3, 0.4) is 0 Å². The molecule has 0 heterocycles. The summed E-state index contributed by atoms with van der Waals surface area (Å²) in [6, 6.07) is 12.3. The van der Waals surface area contributed by atoms with Crippen LogP contribution in [0.15, 0.2) is 36.4 Å². The maximum Gasteiger partial charge on any atom is 0.139 e. The van der Waals surface area contributed by atoms with Gasteiger partial charge in [-0.2, -0.15) is 0 Å². The molecule has 1 aliphatic carbocycles. The number of hydrogen-bond donors (Lipinski definition) is 0. The fraction of sp³-hybridized carbons (Fsp3) is 0.444. The van der Waals surface area contributed by atoms with Crippen LogP contribution in [0.4, 0.5) is 0 Å². The molecule has 0 unspecified atom stereocenters. The second-order valence-corrected chi connectivity index (χ2v) is 10.4. The molecule has 0 N–H and O–H groups in total. The zero-order valence-electron chi connectivity index (χ0n) is 26.0. The fourth-order valence-corrected chi connectivity index (χ4v) is 5.73. The van der Waals surface area contributed by atoms with Crippen molar-refractivity contribution in [3.63, 3.8) is 0 Å². The summed E-state index contributed by atoms with van der Waals surface area (Å²) in [5.74, 6) is 4.85. The second-order valence-electron chi connectivity index (χ2n) is 10.4. The zero-order valence-corrected chi connectivity index (χ0v) is 26.0. The lowest BCUT2D eigenvalue weighted by atomic mass is 9.90. The Hall–Kier alpha value is -3.80. The molecular weight excluding hydrogens is 528 g/mol. The number of ether oxygens (including phenoxy) is 6. The SMILES string of the molecule is CCCOc1c2c(c(OCCC)c3c(OCC)cccc13)=c1c(OCCC)c3c(OCC)cccc3c(OCCC)c1=2. The van der Waals surface area contributed by atoms with Crippen LogP contribution in [0, 0.1) is 20.9 Å². The Labute approximate surface area is 248 Å². The highest BCUT2D eigenvalue weighted by Crippen LogP contribution is 2.50. The molecule has 6 nitrogen and oxygen atoms in total. The van der Waals surface area contributed by atoms with Gasteiger partial charge in [0, 0.05) is 31.6 Å². The van der Waals surface area contributed by atoms with E-state index in [2.05, 4.69) is 39.8 Å². The van der Waals surface area contributed by atoms with Crippen LogP contribution >= 0.6 is 0 Å². The summed E-state index contributed by atoms with van der Waals surface area (Å²) in [5.41, 5.74) is 0. The van der Waals surface area contributed by atoms with Gasteiger partial charge in [0.15, 0.2) is 0 Å². The van der Waals surface area contributed by atoms with Gasteiger partial charge in [-0.15, -0.1) is 0 Å². The van der Waals surface area contributed by atoms with Gasteiger partial charge >= 0.3 is 0 Å². The van der Waals surface area contributed by atoms with Crippen LogP contribution in [-0.4, -0.2) is 39.6 Å². The molecule has 6 heteroatoms. The molecule has 4 aromatic carbocycles. The Morgan fingerprint density at radius 1 is 0.405 bits per heavy atom. The minimum absolute atomic E-state index is 0.549. The third kappa shape index (κ3) is 5.05. The normalized spacial score (nSPS) is 11.6. The summed E-state index contributed by atoms with van der Waals surface area (Å²) in [6.07, 6.45) is 3.54. The second kappa shape index (κ2) is 13.5. The van der Waals surface area contributed by atoms with Crippen molar-refractivity contribution in [2.45, 2.75) is 67.2 Å². The fourth-order valence-electron chi connectivity index (χ4n) is 5.73. The van der Waals surface area contributed by atoms with E-state index in [1.165, 1.54) is 0 Å². The van der Waals surface area contributed by atoms with Gasteiger partial charge in [0.05, 0.1) is 50.4 Å². The summed E-state index contributed by atoms with van der Waals surface area (Å²) in [4.78, 5) is 0. The summed E-state index contributed by atoms with van der Waals surface area (Å²) < 4.78 is 38.9. The first-order chi connectivity index (χ1) is 20.7. The predicted molar refractivity (Wildman–Crippen MR) is 169 cm³/mol. The molecular formula is C36H44O6. The number of benzene rings is 4. The maximum atomic E-state index is 6.64. The quantitative estimate of drug-likeness (QED) is 0.118. The van der Waals surface area contributed by atoms with E-state index in [0.717, 1.165) is 103 Å². The van der Waals surface area contributed by atoms with E-state index in [4.69, 9.17) is 28.4 Å². The van der Waals surface area contributed by atoms with Crippen LogP contribution in [0.2, 0.25) is 0 Å². The Morgan fingerprint density at radius 2 is 0.738 bits per heavy atom. The minimum atomic E-state index is 0.549. The van der Waals surface area contributed by atoms with E-state index in [1.54, 1.807) is 0 Å². The van der Waals surface area contributed by atoms with Crippen molar-refractivity contribution in [1.29, 1.82) is 0 Å². The van der Waals surface area contributed by atoms with Gasteiger partial charge in [-0.1, -0.05) is 52.0 Å². The topological polar surface area (TPSA) is 55.4 Å². The maximum absolute atomic E-state index is 6.64. The first-order valence-electron chi connectivity index (χ1n) is 15.7. The summed E-state index contributed by atoms with van der Waals surface area (Å²) in [5, 5.41) is 7.83. The van der Waals surface area contributed by atoms with E-state index in [1.807, 2.05) is 38.1 Å². The molecule has 1 aliphatic rings. The number of hydrogen-bond acceptors (Lipinski definition) is 6. The molecule has 0 saturated heterocycles. The lowest BCUT2D eigenvalue weighted by Crippen LogP contribution is -2.11. The monoisotopic (exact) mass is 572 g/mol. The Balaban J connectivity index is 2.09. The van der Waals surface area contributed by atoms with E-state index in [-0.39, 0.29) is 0 Å². The van der Waals surface area contributed by atoms with Gasteiger partial charge in [-0.3, -0.25) is 0 Å². The van der Waals surface area contributed by atoms with Gasteiger partial charge in [0.1, 0.15) is 34.5 Å². The highest BCUT2D eigenvalue weighted by atomic mass is 16.5. The molecule has 0 aromatic heterocycles. The van der Waals surface area contributed by atoms with Gasteiger partial charge < -0.3 is 28.4 Å². The molecule has 0 spiro atoms. The first-order valence-corrected chi connectivity index (χ1v) is 15.7.